The molecule has 0 unspecified atom stereocenters. The quantitative estimate of drug-likeness (QED) is 0.653. The van der Waals surface area contributed by atoms with Gasteiger partial charge in [-0.05, 0) is 43.2 Å². The monoisotopic (exact) mass is 207 g/mol. The van der Waals surface area contributed by atoms with Gasteiger partial charge in [0.2, 0.25) is 0 Å². The molecule has 78 valence electrons. The van der Waals surface area contributed by atoms with Crippen molar-refractivity contribution in [2.75, 3.05) is 0 Å². The Morgan fingerprint density at radius 1 is 1.06 bits per heavy atom. The second kappa shape index (κ2) is 4.20. The molecule has 1 heterocycles. The number of aromatic nitrogens is 1. The molecule has 1 heteroatoms. The number of nitrogens with zero attached hydrogens (tertiary/aromatic N) is 1. The Bertz CT molecular complexity index is 545. The zero-order chi connectivity index (χ0) is 11.5. The van der Waals surface area contributed by atoms with E-state index in [0.717, 1.165) is 16.8 Å². The van der Waals surface area contributed by atoms with Gasteiger partial charge in [-0.2, -0.15) is 0 Å². The van der Waals surface area contributed by atoms with E-state index in [2.05, 4.69) is 43.0 Å². The number of hydrogen-bond acceptors (Lipinski definition) is 1. The summed E-state index contributed by atoms with van der Waals surface area (Å²) in [6.45, 7) is 4.21. The van der Waals surface area contributed by atoms with Crippen molar-refractivity contribution in [3.05, 3.63) is 53.2 Å². The lowest BCUT2D eigenvalue weighted by molar-refractivity contribution is 1.29. The Kier molecular flexibility index (Phi) is 2.74. The van der Waals surface area contributed by atoms with Crippen molar-refractivity contribution >= 4 is 0 Å². The Hall–Kier alpha value is -2.07. The van der Waals surface area contributed by atoms with Gasteiger partial charge in [0.1, 0.15) is 0 Å². The molecule has 0 saturated heterocycles. The molecular formula is C15H13N. The summed E-state index contributed by atoms with van der Waals surface area (Å²) in [6, 6.07) is 10.2. The Morgan fingerprint density at radius 3 is 2.44 bits per heavy atom. The smallest absolute Gasteiger partial charge is 0.0703 e. The van der Waals surface area contributed by atoms with Gasteiger partial charge in [0.05, 0.1) is 5.69 Å². The number of rotatable bonds is 1. The van der Waals surface area contributed by atoms with E-state index in [-0.39, 0.29) is 0 Å². The number of terminal acetylenes is 1. The summed E-state index contributed by atoms with van der Waals surface area (Å²) < 4.78 is 0. The largest absolute Gasteiger partial charge is 0.255 e. The molecule has 0 bridgehead atoms. The maximum Gasteiger partial charge on any atom is 0.0703 e. The van der Waals surface area contributed by atoms with E-state index in [9.17, 15) is 0 Å². The van der Waals surface area contributed by atoms with Gasteiger partial charge in [0.15, 0.2) is 0 Å². The van der Waals surface area contributed by atoms with E-state index in [1.165, 1.54) is 11.1 Å². The highest BCUT2D eigenvalue weighted by Crippen LogP contribution is 2.20. The third kappa shape index (κ3) is 1.97. The van der Waals surface area contributed by atoms with Crippen molar-refractivity contribution in [2.45, 2.75) is 13.8 Å². The molecule has 0 aliphatic rings. The first-order valence-corrected chi connectivity index (χ1v) is 5.21. The van der Waals surface area contributed by atoms with Gasteiger partial charge < -0.3 is 0 Å². The van der Waals surface area contributed by atoms with Gasteiger partial charge in [0.25, 0.3) is 0 Å². The van der Waals surface area contributed by atoms with Gasteiger partial charge in [-0.25, -0.2) is 0 Å². The van der Waals surface area contributed by atoms with Crippen LogP contribution in [0, 0.1) is 26.2 Å². The van der Waals surface area contributed by atoms with Crippen LogP contribution in [0.25, 0.3) is 11.3 Å². The van der Waals surface area contributed by atoms with Crippen molar-refractivity contribution in [1.82, 2.24) is 4.98 Å². The fourth-order valence-corrected chi connectivity index (χ4v) is 1.55. The highest BCUT2D eigenvalue weighted by atomic mass is 14.7. The standard InChI is InChI=1S/C15H13N/c1-4-13-6-8-15(16-10-13)14-7-5-11(2)12(3)9-14/h1,5-10H,2-3H3. The third-order valence-corrected chi connectivity index (χ3v) is 2.73. The van der Waals surface area contributed by atoms with Crippen LogP contribution in [-0.2, 0) is 0 Å². The predicted octanol–water partition coefficient (Wildman–Crippen LogP) is 3.35. The van der Waals surface area contributed by atoms with E-state index in [1.807, 2.05) is 12.1 Å². The molecule has 0 saturated carbocycles. The van der Waals surface area contributed by atoms with Crippen molar-refractivity contribution in [1.29, 1.82) is 0 Å². The van der Waals surface area contributed by atoms with Crippen LogP contribution in [0.1, 0.15) is 16.7 Å². The lowest BCUT2D eigenvalue weighted by Crippen LogP contribution is -1.87. The molecule has 0 N–H and O–H groups in total. The van der Waals surface area contributed by atoms with Crippen LogP contribution in [0.4, 0.5) is 0 Å². The van der Waals surface area contributed by atoms with Crippen molar-refractivity contribution in [3.8, 4) is 23.6 Å². The molecule has 1 aromatic heterocycles. The molecular weight excluding hydrogens is 194 g/mol. The summed E-state index contributed by atoms with van der Waals surface area (Å²) in [5.41, 5.74) is 5.48. The fourth-order valence-electron chi connectivity index (χ4n) is 1.55. The van der Waals surface area contributed by atoms with Gasteiger partial charge in [-0.1, -0.05) is 18.1 Å². The summed E-state index contributed by atoms with van der Waals surface area (Å²) in [4.78, 5) is 4.35. The highest BCUT2D eigenvalue weighted by molar-refractivity contribution is 5.61. The Balaban J connectivity index is 2.43. The number of hydrogen-bond donors (Lipinski definition) is 0. The maximum absolute atomic E-state index is 5.29. The van der Waals surface area contributed by atoms with Crippen LogP contribution < -0.4 is 0 Å². The van der Waals surface area contributed by atoms with E-state index < -0.39 is 0 Å². The molecule has 1 nitrogen and oxygen atoms in total. The number of benzene rings is 1. The van der Waals surface area contributed by atoms with E-state index >= 15 is 0 Å². The van der Waals surface area contributed by atoms with Crippen LogP contribution in [0.5, 0.6) is 0 Å². The molecule has 0 aliphatic carbocycles. The average molecular weight is 207 g/mol. The second-order valence-corrected chi connectivity index (χ2v) is 3.88. The second-order valence-electron chi connectivity index (χ2n) is 3.88. The summed E-state index contributed by atoms with van der Waals surface area (Å²) in [5, 5.41) is 0. The zero-order valence-electron chi connectivity index (χ0n) is 9.49. The molecule has 16 heavy (non-hydrogen) atoms. The van der Waals surface area contributed by atoms with Gasteiger partial charge in [0, 0.05) is 17.3 Å². The minimum Gasteiger partial charge on any atom is -0.255 e. The molecule has 0 spiro atoms. The lowest BCUT2D eigenvalue weighted by Gasteiger charge is -2.04. The molecule has 0 fully saturated rings. The van der Waals surface area contributed by atoms with Crippen LogP contribution in [0.15, 0.2) is 36.5 Å². The van der Waals surface area contributed by atoms with Gasteiger partial charge in [-0.3, -0.25) is 4.98 Å². The van der Waals surface area contributed by atoms with Crippen molar-refractivity contribution in [3.63, 3.8) is 0 Å². The molecule has 0 atom stereocenters. The summed E-state index contributed by atoms with van der Waals surface area (Å²) in [5.74, 6) is 2.56. The summed E-state index contributed by atoms with van der Waals surface area (Å²) >= 11 is 0. The van der Waals surface area contributed by atoms with Crippen LogP contribution in [-0.4, -0.2) is 4.98 Å². The molecule has 2 aromatic rings. The molecule has 1 aromatic carbocycles. The average Bonchev–Trinajstić information content (AvgIpc) is 2.33. The van der Waals surface area contributed by atoms with E-state index in [4.69, 9.17) is 6.42 Å². The first kappa shape index (κ1) is 10.4. The minimum atomic E-state index is 0.813. The molecule has 2 rings (SSSR count). The molecule has 0 aliphatic heterocycles. The maximum atomic E-state index is 5.29. The van der Waals surface area contributed by atoms with Gasteiger partial charge in [-0.15, -0.1) is 6.42 Å². The number of pyridine rings is 1. The Morgan fingerprint density at radius 2 is 1.88 bits per heavy atom. The summed E-state index contributed by atoms with van der Waals surface area (Å²) in [7, 11) is 0. The molecule has 0 radical (unpaired) electrons. The van der Waals surface area contributed by atoms with Crippen LogP contribution in [0.3, 0.4) is 0 Å². The van der Waals surface area contributed by atoms with Crippen molar-refractivity contribution < 1.29 is 0 Å². The summed E-state index contributed by atoms with van der Waals surface area (Å²) in [6.07, 6.45) is 7.02. The fraction of sp³-hybridized carbons (Fsp3) is 0.133. The zero-order valence-corrected chi connectivity index (χ0v) is 9.49. The third-order valence-electron chi connectivity index (χ3n) is 2.73. The lowest BCUT2D eigenvalue weighted by atomic mass is 10.0. The SMILES string of the molecule is C#Cc1ccc(-c2ccc(C)c(C)c2)nc1. The highest BCUT2D eigenvalue weighted by Gasteiger charge is 2.00. The van der Waals surface area contributed by atoms with E-state index in [1.54, 1.807) is 6.20 Å². The van der Waals surface area contributed by atoms with Crippen LogP contribution >= 0.6 is 0 Å². The van der Waals surface area contributed by atoms with Crippen LogP contribution in [0.2, 0.25) is 0 Å². The topological polar surface area (TPSA) is 12.9 Å². The minimum absolute atomic E-state index is 0.813. The number of aryl methyl sites for hydroxylation is 2. The van der Waals surface area contributed by atoms with Gasteiger partial charge >= 0.3 is 0 Å². The first-order valence-electron chi connectivity index (χ1n) is 5.21. The van der Waals surface area contributed by atoms with E-state index in [0.29, 0.717) is 0 Å². The Labute approximate surface area is 96.2 Å². The van der Waals surface area contributed by atoms with Crippen molar-refractivity contribution in [2.24, 2.45) is 0 Å². The molecule has 0 amide bonds. The normalized spacial score (nSPS) is 9.81. The predicted molar refractivity (Wildman–Crippen MR) is 67.1 cm³/mol. The first-order chi connectivity index (χ1) is 7.70.